The number of carbonyl (C=O) groups is 1. The van der Waals surface area contributed by atoms with Gasteiger partial charge in [-0.2, -0.15) is 0 Å². The summed E-state index contributed by atoms with van der Waals surface area (Å²) in [5, 5.41) is 2.90. The van der Waals surface area contributed by atoms with E-state index in [1.54, 1.807) is 24.3 Å². The van der Waals surface area contributed by atoms with Gasteiger partial charge in [-0.3, -0.25) is 9.52 Å². The number of hydrogen-bond acceptors (Lipinski definition) is 4. The van der Waals surface area contributed by atoms with Gasteiger partial charge in [-0.05, 0) is 36.6 Å². The molecule has 1 amide bonds. The Morgan fingerprint density at radius 3 is 2.44 bits per heavy atom. The quantitative estimate of drug-likeness (QED) is 0.659. The molecule has 134 valence electrons. The fourth-order valence-corrected chi connectivity index (χ4v) is 3.15. The molecule has 1 atom stereocenters. The number of carbonyl (C=O) groups excluding carboxylic acids is 1. The van der Waals surface area contributed by atoms with E-state index in [1.165, 1.54) is 0 Å². The number of nitrogens with one attached hydrogen (secondary N) is 2. The van der Waals surface area contributed by atoms with Crippen molar-refractivity contribution < 1.29 is 13.2 Å². The molecule has 2 aromatic rings. The van der Waals surface area contributed by atoms with Crippen molar-refractivity contribution >= 4 is 27.3 Å². The molecule has 0 aliphatic heterocycles. The molecule has 0 radical (unpaired) electrons. The van der Waals surface area contributed by atoms with E-state index in [0.717, 1.165) is 11.8 Å². The Hall–Kier alpha value is -2.54. The standard InChI is InChI=1S/C18H23N3O3S/c1-13(15-8-4-6-10-17(15)21-25(2,23)24)20-18(22)12-11-14-7-3-5-9-16(14)19/h3-10,13,21H,11-12,19H2,1-2H3,(H,20,22). The highest BCUT2D eigenvalue weighted by molar-refractivity contribution is 7.92. The third kappa shape index (κ3) is 5.79. The van der Waals surface area contributed by atoms with Crippen LogP contribution in [0.3, 0.4) is 0 Å². The molecule has 25 heavy (non-hydrogen) atoms. The predicted octanol–water partition coefficient (Wildman–Crippen LogP) is 2.45. The first-order valence-electron chi connectivity index (χ1n) is 7.96. The summed E-state index contributed by atoms with van der Waals surface area (Å²) in [6, 6.07) is 14.1. The number of nitrogens with two attached hydrogens (primary N) is 1. The zero-order chi connectivity index (χ0) is 18.4. The SMILES string of the molecule is CC(NC(=O)CCc1ccccc1N)c1ccccc1NS(C)(=O)=O. The maximum absolute atomic E-state index is 12.2. The lowest BCUT2D eigenvalue weighted by atomic mass is 10.0. The monoisotopic (exact) mass is 361 g/mol. The average molecular weight is 361 g/mol. The Bertz CT molecular complexity index is 850. The predicted molar refractivity (Wildman–Crippen MR) is 101 cm³/mol. The first kappa shape index (κ1) is 18.8. The van der Waals surface area contributed by atoms with Crippen molar-refractivity contribution in [1.82, 2.24) is 5.32 Å². The smallest absolute Gasteiger partial charge is 0.229 e. The topological polar surface area (TPSA) is 101 Å². The summed E-state index contributed by atoms with van der Waals surface area (Å²) in [5.41, 5.74) is 8.66. The second-order valence-corrected chi connectivity index (χ2v) is 7.70. The molecular weight excluding hydrogens is 338 g/mol. The Kier molecular flexibility index (Phi) is 6.03. The zero-order valence-electron chi connectivity index (χ0n) is 14.3. The summed E-state index contributed by atoms with van der Waals surface area (Å²) in [4.78, 5) is 12.2. The van der Waals surface area contributed by atoms with Crippen molar-refractivity contribution in [2.75, 3.05) is 16.7 Å². The summed E-state index contributed by atoms with van der Waals surface area (Å²) >= 11 is 0. The minimum Gasteiger partial charge on any atom is -0.399 e. The molecule has 0 spiro atoms. The highest BCUT2D eigenvalue weighted by Gasteiger charge is 2.15. The number of para-hydroxylation sites is 2. The van der Waals surface area contributed by atoms with E-state index in [-0.39, 0.29) is 11.9 Å². The largest absolute Gasteiger partial charge is 0.399 e. The molecule has 2 aromatic carbocycles. The van der Waals surface area contributed by atoms with Crippen LogP contribution in [0, 0.1) is 0 Å². The Morgan fingerprint density at radius 1 is 1.12 bits per heavy atom. The van der Waals surface area contributed by atoms with E-state index in [2.05, 4.69) is 10.0 Å². The normalized spacial score (nSPS) is 12.4. The van der Waals surface area contributed by atoms with E-state index < -0.39 is 10.0 Å². The highest BCUT2D eigenvalue weighted by Crippen LogP contribution is 2.23. The second kappa shape index (κ2) is 8.02. The van der Waals surface area contributed by atoms with Crippen LogP contribution >= 0.6 is 0 Å². The lowest BCUT2D eigenvalue weighted by Gasteiger charge is -2.18. The number of amides is 1. The molecule has 0 saturated carbocycles. The molecule has 6 nitrogen and oxygen atoms in total. The second-order valence-electron chi connectivity index (χ2n) is 5.95. The first-order chi connectivity index (χ1) is 11.8. The van der Waals surface area contributed by atoms with Gasteiger partial charge >= 0.3 is 0 Å². The number of anilines is 2. The molecule has 0 aromatic heterocycles. The zero-order valence-corrected chi connectivity index (χ0v) is 15.1. The molecule has 4 N–H and O–H groups in total. The van der Waals surface area contributed by atoms with Gasteiger partial charge in [0.2, 0.25) is 15.9 Å². The minimum atomic E-state index is -3.39. The summed E-state index contributed by atoms with van der Waals surface area (Å²) in [6.07, 6.45) is 1.95. The number of hydrogen-bond donors (Lipinski definition) is 3. The molecule has 0 aliphatic rings. The third-order valence-corrected chi connectivity index (χ3v) is 4.37. The number of sulfonamides is 1. The van der Waals surface area contributed by atoms with Crippen molar-refractivity contribution in [1.29, 1.82) is 0 Å². The Balaban J connectivity index is 2.01. The number of nitrogen functional groups attached to an aromatic ring is 1. The maximum Gasteiger partial charge on any atom is 0.229 e. The Morgan fingerprint density at radius 2 is 1.76 bits per heavy atom. The van der Waals surface area contributed by atoms with Crippen LogP contribution in [0.15, 0.2) is 48.5 Å². The van der Waals surface area contributed by atoms with Gasteiger partial charge in [-0.1, -0.05) is 36.4 Å². The fraction of sp³-hybridized carbons (Fsp3) is 0.278. The molecule has 0 saturated heterocycles. The van der Waals surface area contributed by atoms with Crippen molar-refractivity contribution in [2.24, 2.45) is 0 Å². The van der Waals surface area contributed by atoms with Crippen LogP contribution < -0.4 is 15.8 Å². The van der Waals surface area contributed by atoms with Crippen LogP contribution in [-0.4, -0.2) is 20.6 Å². The van der Waals surface area contributed by atoms with Crippen molar-refractivity contribution in [3.63, 3.8) is 0 Å². The van der Waals surface area contributed by atoms with E-state index in [9.17, 15) is 13.2 Å². The van der Waals surface area contributed by atoms with E-state index in [4.69, 9.17) is 5.73 Å². The summed E-state index contributed by atoms with van der Waals surface area (Å²) in [7, 11) is -3.39. The van der Waals surface area contributed by atoms with E-state index in [0.29, 0.717) is 29.8 Å². The lowest BCUT2D eigenvalue weighted by molar-refractivity contribution is -0.121. The number of benzene rings is 2. The van der Waals surface area contributed by atoms with Gasteiger partial charge in [-0.15, -0.1) is 0 Å². The van der Waals surface area contributed by atoms with E-state index >= 15 is 0 Å². The third-order valence-electron chi connectivity index (χ3n) is 3.78. The van der Waals surface area contributed by atoms with Crippen molar-refractivity contribution in [2.45, 2.75) is 25.8 Å². The van der Waals surface area contributed by atoms with E-state index in [1.807, 2.05) is 31.2 Å². The molecule has 0 fully saturated rings. The maximum atomic E-state index is 12.2. The van der Waals surface area contributed by atoms with Gasteiger partial charge in [0.1, 0.15) is 0 Å². The lowest BCUT2D eigenvalue weighted by Crippen LogP contribution is -2.27. The van der Waals surface area contributed by atoms with Crippen LogP contribution in [0.4, 0.5) is 11.4 Å². The van der Waals surface area contributed by atoms with Crippen molar-refractivity contribution in [3.8, 4) is 0 Å². The van der Waals surface area contributed by atoms with Gasteiger partial charge in [0.25, 0.3) is 0 Å². The number of rotatable bonds is 7. The molecule has 0 aliphatic carbocycles. The van der Waals surface area contributed by atoms with Crippen LogP contribution in [0.5, 0.6) is 0 Å². The molecule has 2 rings (SSSR count). The minimum absolute atomic E-state index is 0.120. The van der Waals surface area contributed by atoms with Crippen LogP contribution in [-0.2, 0) is 21.2 Å². The van der Waals surface area contributed by atoms with Crippen LogP contribution in [0.25, 0.3) is 0 Å². The number of aryl methyl sites for hydroxylation is 1. The molecule has 0 heterocycles. The van der Waals surface area contributed by atoms with Gasteiger partial charge in [0.15, 0.2) is 0 Å². The molecular formula is C18H23N3O3S. The van der Waals surface area contributed by atoms with Crippen LogP contribution in [0.1, 0.15) is 30.5 Å². The highest BCUT2D eigenvalue weighted by atomic mass is 32.2. The Labute approximate surface area is 148 Å². The summed E-state index contributed by atoms with van der Waals surface area (Å²) < 4.78 is 25.4. The van der Waals surface area contributed by atoms with Gasteiger partial charge in [-0.25, -0.2) is 8.42 Å². The van der Waals surface area contributed by atoms with Gasteiger partial charge < -0.3 is 11.1 Å². The molecule has 1 unspecified atom stereocenters. The van der Waals surface area contributed by atoms with Crippen LogP contribution in [0.2, 0.25) is 0 Å². The first-order valence-corrected chi connectivity index (χ1v) is 9.85. The molecule has 7 heteroatoms. The molecule has 0 bridgehead atoms. The average Bonchev–Trinajstić information content (AvgIpc) is 2.53. The van der Waals surface area contributed by atoms with Gasteiger partial charge in [0.05, 0.1) is 18.0 Å². The fourth-order valence-electron chi connectivity index (χ4n) is 2.57. The van der Waals surface area contributed by atoms with Crippen molar-refractivity contribution in [3.05, 3.63) is 59.7 Å². The summed E-state index contributed by atoms with van der Waals surface area (Å²) in [5.74, 6) is -0.120. The van der Waals surface area contributed by atoms with Gasteiger partial charge in [0, 0.05) is 12.1 Å². The summed E-state index contributed by atoms with van der Waals surface area (Å²) in [6.45, 7) is 1.82.